The normalized spacial score (nSPS) is 15.1. The van der Waals surface area contributed by atoms with Crippen molar-refractivity contribution < 1.29 is 0 Å². The highest BCUT2D eigenvalue weighted by molar-refractivity contribution is 5.64. The van der Waals surface area contributed by atoms with Crippen LogP contribution >= 0.6 is 0 Å². The number of unbranched alkanes of at least 4 members (excludes halogenated alkanes) is 1. The molecule has 3 rings (SSSR count). The Balaban J connectivity index is 1.89. The minimum atomic E-state index is 0.872. The van der Waals surface area contributed by atoms with Crippen LogP contribution in [0.15, 0.2) is 36.4 Å². The standard InChI is InChI=1S/C20H28N4/c1-2-3-13-21-19-16-18(17-11-7-6-8-12-17)22-20(23-19)24-14-9-4-5-10-15-24/h6-8,11-12,16H,2-5,9-10,13-15H2,1H3,(H,21,22,23). The summed E-state index contributed by atoms with van der Waals surface area (Å²) in [6.45, 7) is 5.29. The number of rotatable bonds is 6. The van der Waals surface area contributed by atoms with Gasteiger partial charge in [0.1, 0.15) is 5.82 Å². The van der Waals surface area contributed by atoms with E-state index in [2.05, 4.69) is 47.5 Å². The van der Waals surface area contributed by atoms with Crippen LogP contribution in [-0.2, 0) is 0 Å². The highest BCUT2D eigenvalue weighted by Gasteiger charge is 2.15. The molecular weight excluding hydrogens is 296 g/mol. The first-order chi connectivity index (χ1) is 11.9. The van der Waals surface area contributed by atoms with Crippen LogP contribution in [0.1, 0.15) is 45.4 Å². The molecule has 0 spiro atoms. The van der Waals surface area contributed by atoms with Gasteiger partial charge in [0.05, 0.1) is 5.69 Å². The molecule has 1 saturated heterocycles. The second-order valence-electron chi connectivity index (χ2n) is 6.49. The molecule has 0 amide bonds. The van der Waals surface area contributed by atoms with E-state index in [1.165, 1.54) is 32.1 Å². The number of benzene rings is 1. The van der Waals surface area contributed by atoms with Crippen molar-refractivity contribution >= 4 is 11.8 Å². The van der Waals surface area contributed by atoms with Crippen molar-refractivity contribution in [2.45, 2.75) is 45.4 Å². The van der Waals surface area contributed by atoms with Crippen molar-refractivity contribution in [2.75, 3.05) is 29.9 Å². The van der Waals surface area contributed by atoms with Gasteiger partial charge in [-0.15, -0.1) is 0 Å². The van der Waals surface area contributed by atoms with Crippen LogP contribution in [0, 0.1) is 0 Å². The second-order valence-corrected chi connectivity index (χ2v) is 6.49. The maximum Gasteiger partial charge on any atom is 0.227 e. The first-order valence-electron chi connectivity index (χ1n) is 9.30. The van der Waals surface area contributed by atoms with Gasteiger partial charge in [-0.25, -0.2) is 4.98 Å². The van der Waals surface area contributed by atoms with Gasteiger partial charge < -0.3 is 10.2 Å². The molecule has 1 aliphatic heterocycles. The van der Waals surface area contributed by atoms with Gasteiger partial charge in [0.25, 0.3) is 0 Å². The highest BCUT2D eigenvalue weighted by Crippen LogP contribution is 2.24. The minimum Gasteiger partial charge on any atom is -0.370 e. The van der Waals surface area contributed by atoms with Crippen molar-refractivity contribution in [1.82, 2.24) is 9.97 Å². The molecule has 24 heavy (non-hydrogen) atoms. The van der Waals surface area contributed by atoms with Crippen molar-refractivity contribution in [3.63, 3.8) is 0 Å². The van der Waals surface area contributed by atoms with Crippen LogP contribution < -0.4 is 10.2 Å². The fourth-order valence-corrected chi connectivity index (χ4v) is 3.09. The monoisotopic (exact) mass is 324 g/mol. The van der Waals surface area contributed by atoms with Crippen LogP contribution in [0.25, 0.3) is 11.3 Å². The zero-order valence-corrected chi connectivity index (χ0v) is 14.7. The molecule has 0 radical (unpaired) electrons. The molecule has 0 aliphatic carbocycles. The summed E-state index contributed by atoms with van der Waals surface area (Å²) in [7, 11) is 0. The lowest BCUT2D eigenvalue weighted by Gasteiger charge is -2.21. The molecule has 1 aliphatic rings. The number of hydrogen-bond donors (Lipinski definition) is 1. The summed E-state index contributed by atoms with van der Waals surface area (Å²) in [5, 5.41) is 3.47. The molecule has 1 N–H and O–H groups in total. The van der Waals surface area contributed by atoms with E-state index in [1.807, 2.05) is 6.07 Å². The zero-order valence-electron chi connectivity index (χ0n) is 14.7. The Morgan fingerprint density at radius 3 is 2.46 bits per heavy atom. The summed E-state index contributed by atoms with van der Waals surface area (Å²) < 4.78 is 0. The number of hydrogen-bond acceptors (Lipinski definition) is 4. The Labute approximate surface area is 145 Å². The Bertz CT molecular complexity index is 619. The maximum absolute atomic E-state index is 4.87. The fraction of sp³-hybridized carbons (Fsp3) is 0.500. The zero-order chi connectivity index (χ0) is 16.6. The van der Waals surface area contributed by atoms with E-state index < -0.39 is 0 Å². The minimum absolute atomic E-state index is 0.872. The summed E-state index contributed by atoms with van der Waals surface area (Å²) in [5.41, 5.74) is 2.15. The Kier molecular flexibility index (Phi) is 6.05. The first kappa shape index (κ1) is 16.7. The maximum atomic E-state index is 4.87. The molecule has 1 aromatic heterocycles. The van der Waals surface area contributed by atoms with Crippen molar-refractivity contribution in [2.24, 2.45) is 0 Å². The van der Waals surface area contributed by atoms with Gasteiger partial charge in [0.15, 0.2) is 0 Å². The summed E-state index contributed by atoms with van der Waals surface area (Å²) in [6.07, 6.45) is 7.44. The number of nitrogens with zero attached hydrogens (tertiary/aromatic N) is 3. The molecule has 2 heterocycles. The quantitative estimate of drug-likeness (QED) is 0.780. The Morgan fingerprint density at radius 1 is 1.00 bits per heavy atom. The predicted octanol–water partition coefficient (Wildman–Crippen LogP) is 4.74. The lowest BCUT2D eigenvalue weighted by molar-refractivity contribution is 0.726. The van der Waals surface area contributed by atoms with E-state index in [0.29, 0.717) is 0 Å². The van der Waals surface area contributed by atoms with Crippen LogP contribution in [0.3, 0.4) is 0 Å². The molecule has 4 heteroatoms. The summed E-state index contributed by atoms with van der Waals surface area (Å²) in [4.78, 5) is 12.0. The van der Waals surface area contributed by atoms with Gasteiger partial charge >= 0.3 is 0 Å². The fourth-order valence-electron chi connectivity index (χ4n) is 3.09. The van der Waals surface area contributed by atoms with E-state index in [1.54, 1.807) is 0 Å². The van der Waals surface area contributed by atoms with Gasteiger partial charge in [0.2, 0.25) is 5.95 Å². The molecule has 0 saturated carbocycles. The van der Waals surface area contributed by atoms with Crippen molar-refractivity contribution in [3.8, 4) is 11.3 Å². The molecule has 1 aromatic carbocycles. The van der Waals surface area contributed by atoms with Crippen LogP contribution in [0.4, 0.5) is 11.8 Å². The third-order valence-electron chi connectivity index (χ3n) is 4.51. The molecule has 2 aromatic rings. The third-order valence-corrected chi connectivity index (χ3v) is 4.51. The summed E-state index contributed by atoms with van der Waals surface area (Å²) >= 11 is 0. The smallest absolute Gasteiger partial charge is 0.227 e. The average molecular weight is 324 g/mol. The van der Waals surface area contributed by atoms with Gasteiger partial charge in [0, 0.05) is 31.3 Å². The molecule has 128 valence electrons. The van der Waals surface area contributed by atoms with Crippen molar-refractivity contribution in [3.05, 3.63) is 36.4 Å². The molecular formula is C20H28N4. The predicted molar refractivity (Wildman–Crippen MR) is 102 cm³/mol. The second kappa shape index (κ2) is 8.67. The summed E-state index contributed by atoms with van der Waals surface area (Å²) in [6, 6.07) is 12.5. The Morgan fingerprint density at radius 2 is 1.75 bits per heavy atom. The summed E-state index contributed by atoms with van der Waals surface area (Å²) in [5.74, 6) is 1.81. The number of nitrogens with one attached hydrogen (secondary N) is 1. The highest BCUT2D eigenvalue weighted by atomic mass is 15.3. The Hall–Kier alpha value is -2.10. The average Bonchev–Trinajstić information content (AvgIpc) is 2.92. The van der Waals surface area contributed by atoms with Crippen LogP contribution in [0.5, 0.6) is 0 Å². The number of aromatic nitrogens is 2. The largest absolute Gasteiger partial charge is 0.370 e. The molecule has 1 fully saturated rings. The van der Waals surface area contributed by atoms with Gasteiger partial charge in [-0.3, -0.25) is 0 Å². The molecule has 4 nitrogen and oxygen atoms in total. The van der Waals surface area contributed by atoms with E-state index in [0.717, 1.165) is 49.1 Å². The third kappa shape index (κ3) is 4.47. The first-order valence-corrected chi connectivity index (χ1v) is 9.30. The van der Waals surface area contributed by atoms with E-state index >= 15 is 0 Å². The SMILES string of the molecule is CCCCNc1cc(-c2ccccc2)nc(N2CCCCCC2)n1. The molecule has 0 bridgehead atoms. The van der Waals surface area contributed by atoms with Gasteiger partial charge in [-0.05, 0) is 19.3 Å². The molecule has 0 unspecified atom stereocenters. The lowest BCUT2D eigenvalue weighted by atomic mass is 10.1. The lowest BCUT2D eigenvalue weighted by Crippen LogP contribution is -2.26. The number of anilines is 2. The van der Waals surface area contributed by atoms with Crippen LogP contribution in [0.2, 0.25) is 0 Å². The molecule has 0 atom stereocenters. The van der Waals surface area contributed by atoms with Gasteiger partial charge in [-0.2, -0.15) is 4.98 Å². The van der Waals surface area contributed by atoms with Crippen LogP contribution in [-0.4, -0.2) is 29.6 Å². The van der Waals surface area contributed by atoms with Crippen molar-refractivity contribution in [1.29, 1.82) is 0 Å². The van der Waals surface area contributed by atoms with E-state index in [4.69, 9.17) is 9.97 Å². The van der Waals surface area contributed by atoms with Gasteiger partial charge in [-0.1, -0.05) is 56.5 Å². The van der Waals surface area contributed by atoms with E-state index in [-0.39, 0.29) is 0 Å². The van der Waals surface area contributed by atoms with E-state index in [9.17, 15) is 0 Å². The topological polar surface area (TPSA) is 41.1 Å².